The lowest BCUT2D eigenvalue weighted by Crippen LogP contribution is -3.11. The fourth-order valence-electron chi connectivity index (χ4n) is 2.76. The van der Waals surface area contributed by atoms with Crippen LogP contribution in [0.1, 0.15) is 12.5 Å². The van der Waals surface area contributed by atoms with E-state index in [1.165, 1.54) is 6.07 Å². The molecule has 2 rings (SSSR count). The van der Waals surface area contributed by atoms with Crippen LogP contribution in [-0.4, -0.2) is 45.5 Å². The lowest BCUT2D eigenvalue weighted by Gasteiger charge is -2.18. The zero-order chi connectivity index (χ0) is 21.4. The molecule has 0 heterocycles. The number of amides is 2. The Morgan fingerprint density at radius 2 is 1.69 bits per heavy atom. The second-order valence-electron chi connectivity index (χ2n) is 6.97. The van der Waals surface area contributed by atoms with Gasteiger partial charge in [0.25, 0.3) is 5.91 Å². The smallest absolute Gasteiger partial charge is 0.275 e. The Balaban J connectivity index is 1.80. The molecule has 156 valence electrons. The maximum atomic E-state index is 13.2. The van der Waals surface area contributed by atoms with Crippen molar-refractivity contribution in [2.24, 2.45) is 0 Å². The van der Waals surface area contributed by atoms with Gasteiger partial charge in [-0.1, -0.05) is 12.1 Å². The molecule has 0 fully saturated rings. The number of carbonyl (C=O) groups excluding carboxylic acids is 2. The van der Waals surface area contributed by atoms with Crippen LogP contribution in [0.15, 0.2) is 42.5 Å². The van der Waals surface area contributed by atoms with Gasteiger partial charge in [-0.05, 0) is 31.2 Å². The van der Waals surface area contributed by atoms with Crippen LogP contribution < -0.4 is 20.4 Å². The molecule has 0 saturated carbocycles. The molecule has 2 aromatic carbocycles. The summed E-state index contributed by atoms with van der Waals surface area (Å²) in [5.41, 5.74) is 2.36. The summed E-state index contributed by atoms with van der Waals surface area (Å²) in [5.74, 6) is -2.81. The Morgan fingerprint density at radius 3 is 2.28 bits per heavy atom. The summed E-state index contributed by atoms with van der Waals surface area (Å²) < 4.78 is 26.1. The number of benzene rings is 2. The van der Waals surface area contributed by atoms with Gasteiger partial charge in [-0.2, -0.15) is 0 Å². The second-order valence-corrected chi connectivity index (χ2v) is 6.97. The average molecular weight is 405 g/mol. The monoisotopic (exact) mass is 405 g/mol. The van der Waals surface area contributed by atoms with Crippen molar-refractivity contribution in [3.8, 4) is 0 Å². The zero-order valence-electron chi connectivity index (χ0n) is 16.9. The van der Waals surface area contributed by atoms with Crippen LogP contribution in [0.5, 0.6) is 0 Å². The van der Waals surface area contributed by atoms with Gasteiger partial charge in [-0.3, -0.25) is 9.59 Å². The first-order valence-corrected chi connectivity index (χ1v) is 9.40. The van der Waals surface area contributed by atoms with Gasteiger partial charge in [0, 0.05) is 37.1 Å². The average Bonchev–Trinajstić information content (AvgIpc) is 2.69. The Kier molecular flexibility index (Phi) is 8.09. The number of hydrogen-bond donors (Lipinski definition) is 3. The summed E-state index contributed by atoms with van der Waals surface area (Å²) in [6, 6.07) is 11.2. The first-order chi connectivity index (χ1) is 13.8. The summed E-state index contributed by atoms with van der Waals surface area (Å²) in [7, 11) is 3.96. The van der Waals surface area contributed by atoms with Crippen LogP contribution in [0, 0.1) is 11.6 Å². The fraction of sp³-hybridized carbons (Fsp3) is 0.333. The third-order valence-electron chi connectivity index (χ3n) is 4.47. The highest BCUT2D eigenvalue weighted by molar-refractivity contribution is 5.94. The Hall–Kier alpha value is -3.00. The first kappa shape index (κ1) is 22.3. The molecule has 0 bridgehead atoms. The Morgan fingerprint density at radius 1 is 1.00 bits per heavy atom. The van der Waals surface area contributed by atoms with E-state index >= 15 is 0 Å². The number of rotatable bonds is 9. The minimum atomic E-state index is -1.05. The minimum Gasteiger partial charge on any atom is -0.378 e. The molecule has 0 aliphatic carbocycles. The second kappa shape index (κ2) is 10.5. The molecule has 0 spiro atoms. The number of halogens is 2. The van der Waals surface area contributed by atoms with Gasteiger partial charge in [0.1, 0.15) is 6.54 Å². The zero-order valence-corrected chi connectivity index (χ0v) is 16.9. The molecule has 1 unspecified atom stereocenters. The number of likely N-dealkylation sites (N-methyl/N-ethyl adjacent to an activating group) is 1. The third kappa shape index (κ3) is 7.15. The lowest BCUT2D eigenvalue weighted by atomic mass is 10.2. The number of nitrogens with zero attached hydrogens (tertiary/aromatic N) is 1. The Bertz CT molecular complexity index is 841. The molecule has 6 nitrogen and oxygen atoms in total. The molecule has 0 aliphatic rings. The SMILES string of the molecule is CC[NH+](CC(=O)NCC(=O)Nc1ccc(F)c(F)c1)Cc1ccc(N(C)C)cc1. The van der Waals surface area contributed by atoms with Crippen LogP contribution in [0.3, 0.4) is 0 Å². The van der Waals surface area contributed by atoms with Crippen molar-refractivity contribution < 1.29 is 23.3 Å². The highest BCUT2D eigenvalue weighted by atomic mass is 19.2. The van der Waals surface area contributed by atoms with Crippen molar-refractivity contribution in [1.82, 2.24) is 5.32 Å². The van der Waals surface area contributed by atoms with Gasteiger partial charge < -0.3 is 20.4 Å². The largest absolute Gasteiger partial charge is 0.378 e. The molecule has 29 heavy (non-hydrogen) atoms. The van der Waals surface area contributed by atoms with E-state index in [9.17, 15) is 18.4 Å². The molecular formula is C21H27F2N4O2+. The third-order valence-corrected chi connectivity index (χ3v) is 4.47. The standard InChI is InChI=1S/C21H26F2N4O2/c1-4-27(13-15-5-8-17(9-6-15)26(2)3)14-21(29)24-12-20(28)25-16-7-10-18(22)19(23)11-16/h5-11H,4,12-14H2,1-3H3,(H,24,29)(H,25,28)/p+1. The molecular weight excluding hydrogens is 378 g/mol. The van der Waals surface area contributed by atoms with Crippen molar-refractivity contribution in [1.29, 1.82) is 0 Å². The molecule has 0 aromatic heterocycles. The summed E-state index contributed by atoms with van der Waals surface area (Å²) >= 11 is 0. The number of anilines is 2. The molecule has 2 amide bonds. The van der Waals surface area contributed by atoms with E-state index in [4.69, 9.17) is 0 Å². The van der Waals surface area contributed by atoms with E-state index in [0.29, 0.717) is 6.54 Å². The summed E-state index contributed by atoms with van der Waals surface area (Å²) in [6.07, 6.45) is 0. The minimum absolute atomic E-state index is 0.130. The molecule has 0 saturated heterocycles. The van der Waals surface area contributed by atoms with Gasteiger partial charge in [-0.25, -0.2) is 8.78 Å². The summed E-state index contributed by atoms with van der Waals surface area (Å²) in [6.45, 7) is 3.42. The van der Waals surface area contributed by atoms with Crippen LogP contribution in [0.2, 0.25) is 0 Å². The van der Waals surface area contributed by atoms with E-state index in [1.807, 2.05) is 50.2 Å². The molecule has 0 aliphatic heterocycles. The van der Waals surface area contributed by atoms with Crippen molar-refractivity contribution in [2.45, 2.75) is 13.5 Å². The van der Waals surface area contributed by atoms with Crippen molar-refractivity contribution in [3.63, 3.8) is 0 Å². The van der Waals surface area contributed by atoms with Crippen LogP contribution in [-0.2, 0) is 16.1 Å². The van der Waals surface area contributed by atoms with Crippen LogP contribution in [0.25, 0.3) is 0 Å². The van der Waals surface area contributed by atoms with E-state index in [2.05, 4.69) is 10.6 Å². The van der Waals surface area contributed by atoms with Gasteiger partial charge in [0.2, 0.25) is 5.91 Å². The van der Waals surface area contributed by atoms with Crippen molar-refractivity contribution in [2.75, 3.05) is 43.9 Å². The Labute approximate surface area is 169 Å². The predicted molar refractivity (Wildman–Crippen MR) is 109 cm³/mol. The maximum Gasteiger partial charge on any atom is 0.275 e. The topological polar surface area (TPSA) is 65.9 Å². The van der Waals surface area contributed by atoms with Crippen molar-refractivity contribution in [3.05, 3.63) is 59.7 Å². The van der Waals surface area contributed by atoms with Crippen molar-refractivity contribution >= 4 is 23.2 Å². The van der Waals surface area contributed by atoms with Crippen LogP contribution >= 0.6 is 0 Å². The summed E-state index contributed by atoms with van der Waals surface area (Å²) in [4.78, 5) is 27.1. The van der Waals surface area contributed by atoms with E-state index in [-0.39, 0.29) is 24.7 Å². The van der Waals surface area contributed by atoms with Crippen LogP contribution in [0.4, 0.5) is 20.2 Å². The van der Waals surface area contributed by atoms with Gasteiger partial charge >= 0.3 is 0 Å². The molecule has 0 radical (unpaired) electrons. The fourth-order valence-corrected chi connectivity index (χ4v) is 2.76. The molecule has 8 heteroatoms. The van der Waals surface area contributed by atoms with Gasteiger partial charge in [0.05, 0.1) is 13.1 Å². The predicted octanol–water partition coefficient (Wildman–Crippen LogP) is 1.19. The summed E-state index contributed by atoms with van der Waals surface area (Å²) in [5, 5.41) is 4.97. The van der Waals surface area contributed by atoms with E-state index < -0.39 is 17.5 Å². The highest BCUT2D eigenvalue weighted by Crippen LogP contribution is 2.13. The van der Waals surface area contributed by atoms with Gasteiger partial charge in [0.15, 0.2) is 18.2 Å². The molecule has 1 atom stereocenters. The molecule has 3 N–H and O–H groups in total. The normalized spacial score (nSPS) is 11.6. The number of nitrogens with one attached hydrogen (secondary N) is 3. The number of hydrogen-bond acceptors (Lipinski definition) is 3. The quantitative estimate of drug-likeness (QED) is 0.587. The lowest BCUT2D eigenvalue weighted by molar-refractivity contribution is -0.904. The number of carbonyl (C=O) groups is 2. The highest BCUT2D eigenvalue weighted by Gasteiger charge is 2.14. The van der Waals surface area contributed by atoms with Gasteiger partial charge in [-0.15, -0.1) is 0 Å². The van der Waals surface area contributed by atoms with E-state index in [0.717, 1.165) is 34.8 Å². The van der Waals surface area contributed by atoms with E-state index in [1.54, 1.807) is 0 Å². The number of quaternary nitrogens is 1. The maximum absolute atomic E-state index is 13.2. The molecule has 2 aromatic rings. The first-order valence-electron chi connectivity index (χ1n) is 9.40.